The molecule has 1 aliphatic heterocycles. The van der Waals surface area contributed by atoms with Gasteiger partial charge in [-0.3, -0.25) is 14.4 Å². The second-order valence-corrected chi connectivity index (χ2v) is 7.67. The largest absolute Gasteiger partial charge is 0.468 e. The number of aromatic nitrogens is 2. The van der Waals surface area contributed by atoms with Crippen LogP contribution in [0.4, 0.5) is 0 Å². The van der Waals surface area contributed by atoms with Crippen molar-refractivity contribution in [3.63, 3.8) is 0 Å². The highest BCUT2D eigenvalue weighted by Crippen LogP contribution is 2.25. The normalized spacial score (nSPS) is 15.5. The molecule has 1 atom stereocenters. The van der Waals surface area contributed by atoms with Crippen LogP contribution >= 0.6 is 0 Å². The van der Waals surface area contributed by atoms with E-state index in [1.54, 1.807) is 6.26 Å². The molecule has 1 fully saturated rings. The summed E-state index contributed by atoms with van der Waals surface area (Å²) in [6.45, 7) is 7.11. The number of nitrogens with one attached hydrogen (secondary N) is 1. The van der Waals surface area contributed by atoms with E-state index in [0.29, 0.717) is 18.7 Å². The first-order valence-corrected chi connectivity index (χ1v) is 10.3. The smallest absolute Gasteiger partial charge is 0.255 e. The number of furan rings is 1. The molecule has 1 saturated heterocycles. The summed E-state index contributed by atoms with van der Waals surface area (Å²) in [6, 6.07) is 14.1. The number of amides is 1. The van der Waals surface area contributed by atoms with Gasteiger partial charge in [0.25, 0.3) is 5.91 Å². The Morgan fingerprint density at radius 3 is 2.59 bits per heavy atom. The zero-order chi connectivity index (χ0) is 20.2. The molecule has 1 amide bonds. The van der Waals surface area contributed by atoms with Gasteiger partial charge in [-0.25, -0.2) is 0 Å². The second kappa shape index (κ2) is 8.66. The Balaban J connectivity index is 1.48. The van der Waals surface area contributed by atoms with Crippen LogP contribution in [0.3, 0.4) is 0 Å². The van der Waals surface area contributed by atoms with E-state index in [1.165, 1.54) is 12.8 Å². The van der Waals surface area contributed by atoms with Crippen molar-refractivity contribution in [2.45, 2.75) is 39.3 Å². The van der Waals surface area contributed by atoms with Gasteiger partial charge in [0.1, 0.15) is 5.76 Å². The Morgan fingerprint density at radius 1 is 1.14 bits per heavy atom. The predicted molar refractivity (Wildman–Crippen MR) is 112 cm³/mol. The lowest BCUT2D eigenvalue weighted by atomic mass is 10.1. The Bertz CT molecular complexity index is 941. The van der Waals surface area contributed by atoms with Gasteiger partial charge in [-0.15, -0.1) is 0 Å². The lowest BCUT2D eigenvalue weighted by molar-refractivity contribution is 0.0932. The van der Waals surface area contributed by atoms with Crippen LogP contribution in [0, 0.1) is 13.8 Å². The summed E-state index contributed by atoms with van der Waals surface area (Å²) in [7, 11) is 0. The minimum atomic E-state index is -0.0740. The summed E-state index contributed by atoms with van der Waals surface area (Å²) in [5.74, 6) is 0.829. The molecule has 0 radical (unpaired) electrons. The molecule has 3 aromatic rings. The van der Waals surface area contributed by atoms with Gasteiger partial charge in [-0.05, 0) is 57.5 Å². The standard InChI is InChI=1S/C23H28N4O2/c1-17-22(18(2)27(25-17)16-19-9-4-3-5-10-19)23(28)24-15-20(21-11-8-14-29-21)26-12-6-7-13-26/h3-5,8-11,14,20H,6-7,12-13,15-16H2,1-2H3,(H,24,28). The van der Waals surface area contributed by atoms with E-state index in [9.17, 15) is 4.79 Å². The van der Waals surface area contributed by atoms with Gasteiger partial charge in [0.2, 0.25) is 0 Å². The summed E-state index contributed by atoms with van der Waals surface area (Å²) < 4.78 is 7.56. The monoisotopic (exact) mass is 392 g/mol. The molecule has 1 aliphatic rings. The van der Waals surface area contributed by atoms with Crippen LogP contribution in [0.25, 0.3) is 0 Å². The average Bonchev–Trinajstić information content (AvgIpc) is 3.47. The van der Waals surface area contributed by atoms with Gasteiger partial charge in [-0.2, -0.15) is 5.10 Å². The minimum Gasteiger partial charge on any atom is -0.468 e. The summed E-state index contributed by atoms with van der Waals surface area (Å²) in [5.41, 5.74) is 3.48. The van der Waals surface area contributed by atoms with Crippen molar-refractivity contribution in [2.75, 3.05) is 19.6 Å². The van der Waals surface area contributed by atoms with E-state index in [2.05, 4.69) is 27.4 Å². The summed E-state index contributed by atoms with van der Waals surface area (Å²) in [4.78, 5) is 15.4. The van der Waals surface area contributed by atoms with Crippen molar-refractivity contribution in [1.82, 2.24) is 20.0 Å². The molecule has 29 heavy (non-hydrogen) atoms. The first-order valence-electron chi connectivity index (χ1n) is 10.3. The van der Waals surface area contributed by atoms with E-state index in [4.69, 9.17) is 4.42 Å². The Hall–Kier alpha value is -2.86. The maximum Gasteiger partial charge on any atom is 0.255 e. The zero-order valence-electron chi connectivity index (χ0n) is 17.1. The maximum absolute atomic E-state index is 13.0. The van der Waals surface area contributed by atoms with Crippen LogP contribution in [0.1, 0.15) is 52.0 Å². The molecule has 0 saturated carbocycles. The van der Waals surface area contributed by atoms with E-state index in [0.717, 1.165) is 35.8 Å². The molecule has 152 valence electrons. The Kier molecular flexibility index (Phi) is 5.81. The maximum atomic E-state index is 13.0. The molecule has 4 rings (SSSR count). The highest BCUT2D eigenvalue weighted by Gasteiger charge is 2.27. The molecule has 1 unspecified atom stereocenters. The SMILES string of the molecule is Cc1nn(Cc2ccccc2)c(C)c1C(=O)NCC(c1ccco1)N1CCCC1. The number of rotatable bonds is 7. The molecule has 0 spiro atoms. The van der Waals surface area contributed by atoms with E-state index in [1.807, 2.05) is 48.9 Å². The number of hydrogen-bond acceptors (Lipinski definition) is 4. The molecule has 0 bridgehead atoms. The fourth-order valence-electron chi connectivity index (χ4n) is 4.16. The highest BCUT2D eigenvalue weighted by molar-refractivity contribution is 5.96. The molecule has 3 heterocycles. The molecule has 0 aliphatic carbocycles. The molecule has 1 N–H and O–H groups in total. The number of likely N-dealkylation sites (tertiary alicyclic amines) is 1. The van der Waals surface area contributed by atoms with Crippen LogP contribution in [0.15, 0.2) is 53.1 Å². The van der Waals surface area contributed by atoms with Gasteiger partial charge in [-0.1, -0.05) is 30.3 Å². The Morgan fingerprint density at radius 2 is 1.90 bits per heavy atom. The molecular formula is C23H28N4O2. The van der Waals surface area contributed by atoms with E-state index in [-0.39, 0.29) is 11.9 Å². The second-order valence-electron chi connectivity index (χ2n) is 7.67. The zero-order valence-corrected chi connectivity index (χ0v) is 17.1. The first kappa shape index (κ1) is 19.5. The molecule has 6 heteroatoms. The van der Waals surface area contributed by atoms with Crippen LogP contribution in [-0.4, -0.2) is 40.2 Å². The number of carbonyl (C=O) groups excluding carboxylic acids is 1. The lowest BCUT2D eigenvalue weighted by Crippen LogP contribution is -2.37. The molecular weight excluding hydrogens is 364 g/mol. The summed E-state index contributed by atoms with van der Waals surface area (Å²) in [6.07, 6.45) is 4.08. The number of hydrogen-bond donors (Lipinski definition) is 1. The first-order chi connectivity index (χ1) is 14.1. The van der Waals surface area contributed by atoms with E-state index >= 15 is 0 Å². The summed E-state index contributed by atoms with van der Waals surface area (Å²) >= 11 is 0. The Labute approximate surface area is 171 Å². The fraction of sp³-hybridized carbons (Fsp3) is 0.391. The third kappa shape index (κ3) is 4.27. The van der Waals surface area contributed by atoms with Crippen molar-refractivity contribution in [2.24, 2.45) is 0 Å². The number of carbonyl (C=O) groups is 1. The van der Waals surface area contributed by atoms with Gasteiger partial charge in [0.05, 0.1) is 30.1 Å². The fourth-order valence-corrected chi connectivity index (χ4v) is 4.16. The van der Waals surface area contributed by atoms with Crippen molar-refractivity contribution < 1.29 is 9.21 Å². The van der Waals surface area contributed by atoms with Crippen molar-refractivity contribution >= 4 is 5.91 Å². The predicted octanol–water partition coefficient (Wildman–Crippen LogP) is 3.71. The molecule has 6 nitrogen and oxygen atoms in total. The van der Waals surface area contributed by atoms with Crippen molar-refractivity contribution in [3.8, 4) is 0 Å². The van der Waals surface area contributed by atoms with Crippen LogP contribution in [0.2, 0.25) is 0 Å². The third-order valence-electron chi connectivity index (χ3n) is 5.69. The van der Waals surface area contributed by atoms with E-state index < -0.39 is 0 Å². The summed E-state index contributed by atoms with van der Waals surface area (Å²) in [5, 5.41) is 7.74. The van der Waals surface area contributed by atoms with Gasteiger partial charge in [0, 0.05) is 12.2 Å². The van der Waals surface area contributed by atoms with Crippen LogP contribution < -0.4 is 5.32 Å². The quantitative estimate of drug-likeness (QED) is 0.666. The van der Waals surface area contributed by atoms with Crippen molar-refractivity contribution in [1.29, 1.82) is 0 Å². The third-order valence-corrected chi connectivity index (χ3v) is 5.69. The van der Waals surface area contributed by atoms with Crippen molar-refractivity contribution in [3.05, 3.63) is 77.0 Å². The topological polar surface area (TPSA) is 63.3 Å². The molecule has 2 aromatic heterocycles. The number of nitrogens with zero attached hydrogens (tertiary/aromatic N) is 3. The highest BCUT2D eigenvalue weighted by atomic mass is 16.3. The van der Waals surface area contributed by atoms with Gasteiger partial charge >= 0.3 is 0 Å². The number of aryl methyl sites for hydroxylation is 1. The van der Waals surface area contributed by atoms with Crippen LogP contribution in [-0.2, 0) is 6.54 Å². The number of benzene rings is 1. The van der Waals surface area contributed by atoms with Crippen LogP contribution in [0.5, 0.6) is 0 Å². The average molecular weight is 393 g/mol. The molecule has 1 aromatic carbocycles. The van der Waals surface area contributed by atoms with Gasteiger partial charge in [0.15, 0.2) is 0 Å². The van der Waals surface area contributed by atoms with Gasteiger partial charge < -0.3 is 9.73 Å². The minimum absolute atomic E-state index is 0.0661. The lowest BCUT2D eigenvalue weighted by Gasteiger charge is -2.26.